The molecule has 0 aliphatic carbocycles. The molecule has 3 heterocycles. The summed E-state index contributed by atoms with van der Waals surface area (Å²) in [5.74, 6) is 0. The van der Waals surface area contributed by atoms with Crippen LogP contribution in [0.1, 0.15) is 0 Å². The zero-order chi connectivity index (χ0) is 20.9. The van der Waals surface area contributed by atoms with Crippen LogP contribution >= 0.6 is 23.9 Å². The molecule has 1 aliphatic rings. The van der Waals surface area contributed by atoms with E-state index in [0.717, 1.165) is 27.5 Å². The van der Waals surface area contributed by atoms with Crippen LogP contribution in [-0.2, 0) is 23.7 Å². The Kier molecular flexibility index (Phi) is 4.94. The topological polar surface area (TPSA) is 76.3 Å². The van der Waals surface area contributed by atoms with Gasteiger partial charge in [0.2, 0.25) is 10.0 Å². The van der Waals surface area contributed by atoms with E-state index in [-0.39, 0.29) is 4.90 Å². The molecule has 0 spiro atoms. The Morgan fingerprint density at radius 2 is 1.73 bits per heavy atom. The fourth-order valence-corrected chi connectivity index (χ4v) is 6.37. The van der Waals surface area contributed by atoms with Crippen molar-refractivity contribution in [2.75, 3.05) is 26.2 Å². The summed E-state index contributed by atoms with van der Waals surface area (Å²) in [6.07, 6.45) is 0. The van der Waals surface area contributed by atoms with Gasteiger partial charge in [-0.1, -0.05) is 18.2 Å². The largest absolute Gasteiger partial charge is 0.320 e. The van der Waals surface area contributed by atoms with Crippen LogP contribution in [0.15, 0.2) is 47.4 Å². The van der Waals surface area contributed by atoms with Crippen LogP contribution in [0.2, 0.25) is 0 Å². The highest BCUT2D eigenvalue weighted by Crippen LogP contribution is 2.25. The van der Waals surface area contributed by atoms with Gasteiger partial charge in [-0.15, -0.1) is 0 Å². The van der Waals surface area contributed by atoms with Gasteiger partial charge in [-0.25, -0.2) is 8.42 Å². The molecule has 4 aromatic rings. The number of aryl methyl sites for hydroxylation is 1. The smallest absolute Gasteiger partial charge is 0.245 e. The van der Waals surface area contributed by atoms with Crippen molar-refractivity contribution in [3.8, 4) is 0 Å². The maximum absolute atomic E-state index is 13.2. The number of benzene rings is 2. The highest BCUT2D eigenvalue weighted by Gasteiger charge is 2.31. The molecule has 2 aromatic heterocycles. The summed E-state index contributed by atoms with van der Waals surface area (Å²) in [6.45, 7) is 2.76. The number of hydrogen-bond acceptors (Lipinski definition) is 7. The number of nitrogens with zero attached hydrogens (tertiary/aromatic N) is 6. The van der Waals surface area contributed by atoms with Gasteiger partial charge in [-0.2, -0.15) is 13.1 Å². The highest BCUT2D eigenvalue weighted by molar-refractivity contribution is 7.89. The molecule has 0 bridgehead atoms. The third-order valence-electron chi connectivity index (χ3n) is 5.59. The second kappa shape index (κ2) is 7.50. The minimum absolute atomic E-state index is 0.235. The number of sulfonamides is 1. The van der Waals surface area contributed by atoms with Crippen molar-refractivity contribution in [3.63, 3.8) is 0 Å². The Hall–Kier alpha value is -2.18. The molecule has 0 atom stereocenters. The molecule has 1 aliphatic heterocycles. The molecule has 8 nitrogen and oxygen atoms in total. The van der Waals surface area contributed by atoms with E-state index in [2.05, 4.69) is 30.3 Å². The first-order valence-electron chi connectivity index (χ1n) is 9.55. The van der Waals surface area contributed by atoms with Gasteiger partial charge in [0.15, 0.2) is 4.77 Å². The van der Waals surface area contributed by atoms with Crippen LogP contribution in [0.3, 0.4) is 0 Å². The van der Waals surface area contributed by atoms with E-state index in [0.29, 0.717) is 43.9 Å². The summed E-state index contributed by atoms with van der Waals surface area (Å²) in [4.78, 5) is 2.47. The summed E-state index contributed by atoms with van der Waals surface area (Å²) in [5.41, 5.74) is 3.24. The van der Waals surface area contributed by atoms with Crippen molar-refractivity contribution in [1.29, 1.82) is 0 Å². The first-order chi connectivity index (χ1) is 14.5. The van der Waals surface area contributed by atoms with Gasteiger partial charge in [0, 0.05) is 33.2 Å². The third kappa shape index (κ3) is 3.17. The summed E-state index contributed by atoms with van der Waals surface area (Å²) >= 11 is 6.66. The molecule has 2 aromatic carbocycles. The van der Waals surface area contributed by atoms with Crippen LogP contribution in [-0.4, -0.2) is 61.7 Å². The normalized spacial score (nSPS) is 16.6. The molecule has 0 radical (unpaired) electrons. The van der Waals surface area contributed by atoms with Crippen molar-refractivity contribution in [2.24, 2.45) is 7.05 Å². The lowest BCUT2D eigenvalue weighted by atomic mass is 10.3. The SMILES string of the molecule is Cn1c(=S)n(CN2CCN(S(=O)(=O)c3cccc4nsnc34)CC2)c2ccccc21. The van der Waals surface area contributed by atoms with Gasteiger partial charge in [-0.3, -0.25) is 4.90 Å². The fraction of sp³-hybridized carbons (Fsp3) is 0.316. The van der Waals surface area contributed by atoms with Crippen molar-refractivity contribution in [1.82, 2.24) is 27.1 Å². The maximum atomic E-state index is 13.2. The predicted molar refractivity (Wildman–Crippen MR) is 119 cm³/mol. The molecule has 5 rings (SSSR count). The van der Waals surface area contributed by atoms with Gasteiger partial charge in [0.25, 0.3) is 0 Å². The minimum Gasteiger partial charge on any atom is -0.320 e. The molecule has 0 amide bonds. The van der Waals surface area contributed by atoms with Crippen molar-refractivity contribution in [2.45, 2.75) is 11.6 Å². The number of rotatable bonds is 4. The van der Waals surface area contributed by atoms with Crippen molar-refractivity contribution < 1.29 is 8.42 Å². The molecule has 1 saturated heterocycles. The molecule has 1 fully saturated rings. The zero-order valence-corrected chi connectivity index (χ0v) is 18.8. The van der Waals surface area contributed by atoms with E-state index in [1.165, 1.54) is 0 Å². The average Bonchev–Trinajstić information content (AvgIpc) is 3.33. The van der Waals surface area contributed by atoms with Crippen LogP contribution in [0.25, 0.3) is 22.1 Å². The number of hydrogen-bond donors (Lipinski definition) is 0. The van der Waals surface area contributed by atoms with E-state index in [1.54, 1.807) is 22.5 Å². The maximum Gasteiger partial charge on any atom is 0.245 e. The number of piperazine rings is 1. The highest BCUT2D eigenvalue weighted by atomic mass is 32.2. The Morgan fingerprint density at radius 3 is 2.50 bits per heavy atom. The Bertz CT molecular complexity index is 1400. The lowest BCUT2D eigenvalue weighted by molar-refractivity contribution is 0.153. The molecule has 0 unspecified atom stereocenters. The fourth-order valence-electron chi connectivity index (χ4n) is 3.94. The van der Waals surface area contributed by atoms with Crippen molar-refractivity contribution >= 4 is 56.0 Å². The quantitative estimate of drug-likeness (QED) is 0.436. The summed E-state index contributed by atoms with van der Waals surface area (Å²) in [6, 6.07) is 13.2. The Labute approximate surface area is 183 Å². The zero-order valence-electron chi connectivity index (χ0n) is 16.3. The average molecular weight is 461 g/mol. The van der Waals surface area contributed by atoms with Crippen LogP contribution < -0.4 is 0 Å². The van der Waals surface area contributed by atoms with Crippen LogP contribution in [0, 0.1) is 4.77 Å². The Morgan fingerprint density at radius 1 is 1.00 bits per heavy atom. The van der Waals surface area contributed by atoms with Gasteiger partial charge >= 0.3 is 0 Å². The lowest BCUT2D eigenvalue weighted by Gasteiger charge is -2.34. The molecular weight excluding hydrogens is 440 g/mol. The monoisotopic (exact) mass is 460 g/mol. The minimum atomic E-state index is -3.61. The van der Waals surface area contributed by atoms with E-state index in [9.17, 15) is 8.42 Å². The molecule has 30 heavy (non-hydrogen) atoms. The second-order valence-corrected chi connectivity index (χ2v) is 10.1. The van der Waals surface area contributed by atoms with Gasteiger partial charge in [0.1, 0.15) is 15.9 Å². The molecular formula is C19H20N6O2S3. The van der Waals surface area contributed by atoms with Gasteiger partial charge < -0.3 is 9.13 Å². The lowest BCUT2D eigenvalue weighted by Crippen LogP contribution is -2.48. The summed E-state index contributed by atoms with van der Waals surface area (Å²) in [5, 5.41) is 0. The predicted octanol–water partition coefficient (Wildman–Crippen LogP) is 2.68. The third-order valence-corrected chi connectivity index (χ3v) is 8.56. The standard InChI is InChI=1S/C19H20N6O2S3/c1-22-15-6-2-3-7-16(15)25(19(22)28)13-23-9-11-24(12-10-23)30(26,27)17-8-4-5-14-18(17)21-29-20-14/h2-8H,9-13H2,1H3. The first-order valence-corrected chi connectivity index (χ1v) is 12.1. The second-order valence-electron chi connectivity index (χ2n) is 7.31. The van der Waals surface area contributed by atoms with E-state index in [4.69, 9.17) is 12.2 Å². The van der Waals surface area contributed by atoms with Crippen LogP contribution in [0.5, 0.6) is 0 Å². The first kappa shape index (κ1) is 19.8. The Balaban J connectivity index is 1.35. The van der Waals surface area contributed by atoms with E-state index in [1.807, 2.05) is 23.7 Å². The van der Waals surface area contributed by atoms with Crippen LogP contribution in [0.4, 0.5) is 0 Å². The molecule has 0 saturated carbocycles. The number of para-hydroxylation sites is 2. The van der Waals surface area contributed by atoms with Crippen molar-refractivity contribution in [3.05, 3.63) is 47.2 Å². The van der Waals surface area contributed by atoms with Gasteiger partial charge in [-0.05, 0) is 36.5 Å². The number of imidazole rings is 1. The molecule has 156 valence electrons. The van der Waals surface area contributed by atoms with E-state index >= 15 is 0 Å². The summed E-state index contributed by atoms with van der Waals surface area (Å²) in [7, 11) is -1.64. The van der Waals surface area contributed by atoms with E-state index < -0.39 is 10.0 Å². The number of fused-ring (bicyclic) bond motifs is 2. The van der Waals surface area contributed by atoms with Gasteiger partial charge in [0.05, 0.1) is 29.4 Å². The molecule has 0 N–H and O–H groups in total. The number of aromatic nitrogens is 4. The molecule has 11 heteroatoms. The summed E-state index contributed by atoms with van der Waals surface area (Å²) < 4.78 is 41.2.